The van der Waals surface area contributed by atoms with Gasteiger partial charge in [-0.1, -0.05) is 32.6 Å². The number of rotatable bonds is 24. The van der Waals surface area contributed by atoms with Gasteiger partial charge in [0.25, 0.3) is 0 Å². The molecular formula is C30H22F26N2O5. The van der Waals surface area contributed by atoms with Crippen molar-refractivity contribution >= 4 is 0 Å². The third-order valence-electron chi connectivity index (χ3n) is 7.51. The van der Waals surface area contributed by atoms with Gasteiger partial charge in [0.2, 0.25) is 0 Å². The van der Waals surface area contributed by atoms with E-state index in [1.165, 1.54) is 21.9 Å². The van der Waals surface area contributed by atoms with E-state index in [0.717, 1.165) is 53.7 Å². The van der Waals surface area contributed by atoms with Crippen LogP contribution < -0.4 is 4.74 Å². The molecule has 0 aliphatic carbocycles. The summed E-state index contributed by atoms with van der Waals surface area (Å²) in [5.41, 5.74) is 0.592. The van der Waals surface area contributed by atoms with Crippen LogP contribution in [0.25, 0.3) is 11.4 Å². The molecule has 0 amide bonds. The molecule has 63 heavy (non-hydrogen) atoms. The minimum absolute atomic E-state index is 0.0579. The zero-order valence-electron chi connectivity index (χ0n) is 30.0. The maximum Gasteiger partial charge on any atom is 0.527 e. The van der Waals surface area contributed by atoms with Crippen molar-refractivity contribution < 1.29 is 138 Å². The van der Waals surface area contributed by atoms with E-state index in [4.69, 9.17) is 0 Å². The summed E-state index contributed by atoms with van der Waals surface area (Å²) in [7, 11) is 0. The summed E-state index contributed by atoms with van der Waals surface area (Å²) in [6.07, 6.45) is -61.5. The largest absolute Gasteiger partial charge is 0.527 e. The fourth-order valence-electron chi connectivity index (χ4n) is 4.22. The first-order chi connectivity index (χ1) is 28.0. The highest BCUT2D eigenvalue weighted by molar-refractivity contribution is 5.56. The fraction of sp³-hybridized carbons (Fsp3) is 0.667. The molecule has 2 aromatic rings. The van der Waals surface area contributed by atoms with E-state index in [-0.39, 0.29) is 11.4 Å². The van der Waals surface area contributed by atoms with E-state index in [0.29, 0.717) is 24.1 Å². The zero-order valence-corrected chi connectivity index (χ0v) is 30.0. The molecule has 1 heterocycles. The molecule has 7 nitrogen and oxygen atoms in total. The van der Waals surface area contributed by atoms with Gasteiger partial charge < -0.3 is 4.74 Å². The van der Waals surface area contributed by atoms with Crippen LogP contribution in [0.15, 0.2) is 36.7 Å². The molecule has 2 rings (SSSR count). The van der Waals surface area contributed by atoms with Crippen molar-refractivity contribution in [1.29, 1.82) is 0 Å². The van der Waals surface area contributed by atoms with Gasteiger partial charge in [0, 0.05) is 18.0 Å². The standard InChI is InChI=1S/C30H22F26N2O5/c1-2-3-4-5-6-7-14-12-57-17(58-13-14)15-8-10-16(11-9-15)59-18(31)19(32,33)20(34,35)21(36,37)22(38,39)23(40,41)60-24(42,43)25(44,45)61-26(46,47)27(48,49)62-28(50,51)29(52,53)63-30(54,55)56/h8-13,18H,2-7H2,1H3. The molecule has 1 atom stereocenters. The first-order valence-electron chi connectivity index (χ1n) is 16.2. The SMILES string of the molecule is CCCCCCCc1cnc(-c2ccc(OC(F)C(F)(F)C(F)(F)C(F)(F)C(F)(F)C(F)(F)OC(F)(F)C(F)(F)OC(F)(F)C(F)(F)OC(F)(F)C(F)(F)OC(F)(F)F)cc2)nc1. The molecule has 0 N–H and O–H groups in total. The molecule has 0 saturated carbocycles. The second kappa shape index (κ2) is 18.2. The Labute approximate surface area is 332 Å². The summed E-state index contributed by atoms with van der Waals surface area (Å²) in [6, 6.07) is 2.39. The molecule has 364 valence electrons. The number of hydrogen-bond acceptors (Lipinski definition) is 7. The number of unbranched alkanes of at least 4 members (excludes halogenated alkanes) is 4. The van der Waals surface area contributed by atoms with Crippen molar-refractivity contribution in [3.05, 3.63) is 42.2 Å². The maximum atomic E-state index is 14.3. The summed E-state index contributed by atoms with van der Waals surface area (Å²) in [6.45, 7) is 1.99. The molecular weight excluding hydrogens is 962 g/mol. The topological polar surface area (TPSA) is 71.9 Å². The number of nitrogens with zero attached hydrogens (tertiary/aromatic N) is 2. The number of aromatic nitrogens is 2. The van der Waals surface area contributed by atoms with Gasteiger partial charge >= 0.3 is 79.2 Å². The lowest BCUT2D eigenvalue weighted by Gasteiger charge is -2.40. The molecule has 0 aliphatic rings. The summed E-state index contributed by atoms with van der Waals surface area (Å²) in [5.74, 6) is -34.9. The van der Waals surface area contributed by atoms with Crippen LogP contribution in [0.5, 0.6) is 5.75 Å². The molecule has 0 radical (unpaired) electrons. The first-order valence-corrected chi connectivity index (χ1v) is 16.2. The Balaban J connectivity index is 2.29. The van der Waals surface area contributed by atoms with E-state index >= 15 is 0 Å². The van der Waals surface area contributed by atoms with Crippen molar-refractivity contribution in [1.82, 2.24) is 9.97 Å². The van der Waals surface area contributed by atoms with Gasteiger partial charge in [-0.2, -0.15) is 101 Å². The highest BCUT2D eigenvalue weighted by Gasteiger charge is 2.90. The number of alkyl halides is 26. The van der Waals surface area contributed by atoms with Gasteiger partial charge in [-0.3, -0.25) is 0 Å². The summed E-state index contributed by atoms with van der Waals surface area (Å²) in [4.78, 5) is 7.94. The third kappa shape index (κ3) is 11.9. The monoisotopic (exact) mass is 984 g/mol. The molecule has 0 fully saturated rings. The zero-order chi connectivity index (χ0) is 49.3. The predicted octanol–water partition coefficient (Wildman–Crippen LogP) is 12.6. The second-order valence-electron chi connectivity index (χ2n) is 12.4. The second-order valence-corrected chi connectivity index (χ2v) is 12.4. The van der Waals surface area contributed by atoms with Gasteiger partial charge in [0.05, 0.1) is 0 Å². The van der Waals surface area contributed by atoms with E-state index in [1.54, 1.807) is 0 Å². The van der Waals surface area contributed by atoms with Crippen LogP contribution in [0.4, 0.5) is 114 Å². The lowest BCUT2D eigenvalue weighted by molar-refractivity contribution is -0.585. The highest BCUT2D eigenvalue weighted by atomic mass is 19.4. The normalized spacial score (nSPS) is 15.5. The van der Waals surface area contributed by atoms with Crippen LogP contribution in [-0.4, -0.2) is 89.1 Å². The number of hydrogen-bond donors (Lipinski definition) is 0. The van der Waals surface area contributed by atoms with Crippen LogP contribution in [0.1, 0.15) is 44.6 Å². The Kier molecular flexibility index (Phi) is 15.9. The van der Waals surface area contributed by atoms with Crippen LogP contribution in [-0.2, 0) is 25.4 Å². The van der Waals surface area contributed by atoms with Gasteiger partial charge in [0.1, 0.15) is 5.75 Å². The van der Waals surface area contributed by atoms with Crippen molar-refractivity contribution in [3.63, 3.8) is 0 Å². The van der Waals surface area contributed by atoms with Crippen molar-refractivity contribution in [3.8, 4) is 17.1 Å². The number of halogens is 26. The average molecular weight is 984 g/mol. The molecule has 1 aromatic carbocycles. The molecule has 1 aromatic heterocycles. The van der Waals surface area contributed by atoms with E-state index in [9.17, 15) is 114 Å². The number of ether oxygens (including phenoxy) is 5. The minimum atomic E-state index is -8.82. The van der Waals surface area contributed by atoms with E-state index in [2.05, 4.69) is 14.7 Å². The molecule has 0 aliphatic heterocycles. The van der Waals surface area contributed by atoms with Crippen LogP contribution in [0.2, 0.25) is 0 Å². The van der Waals surface area contributed by atoms with Crippen LogP contribution in [0.3, 0.4) is 0 Å². The molecule has 0 bridgehead atoms. The Morgan fingerprint density at radius 3 is 1.24 bits per heavy atom. The van der Waals surface area contributed by atoms with Crippen molar-refractivity contribution in [2.75, 3.05) is 0 Å². The van der Waals surface area contributed by atoms with Gasteiger partial charge in [-0.05, 0) is 42.7 Å². The van der Waals surface area contributed by atoms with Crippen LogP contribution in [0, 0.1) is 0 Å². The Bertz CT molecular complexity index is 1790. The summed E-state index contributed by atoms with van der Waals surface area (Å²) in [5, 5.41) is 0. The first kappa shape index (κ1) is 55.3. The molecule has 0 spiro atoms. The van der Waals surface area contributed by atoms with Gasteiger partial charge in [0.15, 0.2) is 5.82 Å². The quantitative estimate of drug-likeness (QED) is 0.0766. The molecule has 33 heteroatoms. The Morgan fingerprint density at radius 2 is 0.841 bits per heavy atom. The molecule has 1 unspecified atom stereocenters. The number of benzene rings is 1. The van der Waals surface area contributed by atoms with Crippen LogP contribution >= 0.6 is 0 Å². The Morgan fingerprint density at radius 1 is 0.460 bits per heavy atom. The lowest BCUT2D eigenvalue weighted by atomic mass is 9.97. The van der Waals surface area contributed by atoms with Crippen molar-refractivity contribution in [2.24, 2.45) is 0 Å². The average Bonchev–Trinajstić information content (AvgIpc) is 3.09. The number of aryl methyl sites for hydroxylation is 1. The highest BCUT2D eigenvalue weighted by Crippen LogP contribution is 2.60. The van der Waals surface area contributed by atoms with Gasteiger partial charge in [-0.15, -0.1) is 13.2 Å². The fourth-order valence-corrected chi connectivity index (χ4v) is 4.22. The third-order valence-corrected chi connectivity index (χ3v) is 7.51. The smallest absolute Gasteiger partial charge is 0.454 e. The summed E-state index contributed by atoms with van der Waals surface area (Å²) < 4.78 is 361. The van der Waals surface area contributed by atoms with Crippen molar-refractivity contribution in [2.45, 2.75) is 125 Å². The maximum absolute atomic E-state index is 14.3. The predicted molar refractivity (Wildman–Crippen MR) is 150 cm³/mol. The van der Waals surface area contributed by atoms with E-state index < -0.39 is 84.9 Å². The summed E-state index contributed by atoms with van der Waals surface area (Å²) >= 11 is 0. The Hall–Kier alpha value is -3.88. The van der Waals surface area contributed by atoms with E-state index in [1.807, 2.05) is 6.92 Å². The lowest BCUT2D eigenvalue weighted by Crippen LogP contribution is -2.71. The van der Waals surface area contributed by atoms with Gasteiger partial charge in [-0.25, -0.2) is 28.9 Å². The molecule has 0 saturated heterocycles. The minimum Gasteiger partial charge on any atom is -0.454 e.